The third-order valence-electron chi connectivity index (χ3n) is 2.43. The number of aromatic nitrogens is 2. The average Bonchev–Trinajstić information content (AvgIpc) is 2.42. The summed E-state index contributed by atoms with van der Waals surface area (Å²) in [5, 5.41) is 3.90. The molecule has 1 aromatic heterocycles. The van der Waals surface area contributed by atoms with E-state index in [1.54, 1.807) is 6.92 Å². The van der Waals surface area contributed by atoms with Crippen LogP contribution in [0.15, 0.2) is 39.7 Å². The molecule has 1 heterocycles. The summed E-state index contributed by atoms with van der Waals surface area (Å²) in [5.41, 5.74) is -0.520. The lowest BCUT2D eigenvalue weighted by molar-refractivity contribution is 0.0515. The van der Waals surface area contributed by atoms with Gasteiger partial charge in [0, 0.05) is 22.8 Å². The van der Waals surface area contributed by atoms with Gasteiger partial charge >= 0.3 is 5.97 Å². The lowest BCUT2D eigenvalue weighted by Crippen LogP contribution is -2.22. The molecule has 1 aromatic carbocycles. The Balaban J connectivity index is 2.54. The fraction of sp³-hybridized carbons (Fsp3) is 0.154. The van der Waals surface area contributed by atoms with Crippen LogP contribution in [-0.4, -0.2) is 22.4 Å². The van der Waals surface area contributed by atoms with Gasteiger partial charge in [-0.15, -0.1) is 0 Å². The second-order valence-electron chi connectivity index (χ2n) is 3.79. The van der Waals surface area contributed by atoms with Crippen molar-refractivity contribution in [1.82, 2.24) is 9.78 Å². The van der Waals surface area contributed by atoms with Crippen LogP contribution in [0.2, 0.25) is 0 Å². The minimum atomic E-state index is -0.806. The van der Waals surface area contributed by atoms with Gasteiger partial charge in [-0.05, 0) is 35.0 Å². The Morgan fingerprint density at radius 3 is 2.90 bits per heavy atom. The van der Waals surface area contributed by atoms with Gasteiger partial charge in [0.2, 0.25) is 11.1 Å². The first-order valence-electron chi connectivity index (χ1n) is 5.75. The Bertz CT molecular complexity index is 715. The largest absolute Gasteiger partial charge is 0.461 e. The van der Waals surface area contributed by atoms with Crippen LogP contribution in [0.1, 0.15) is 17.4 Å². The summed E-state index contributed by atoms with van der Waals surface area (Å²) in [5.74, 6) is -1.26. The smallest absolute Gasteiger partial charge is 0.362 e. The van der Waals surface area contributed by atoms with Crippen molar-refractivity contribution in [3.8, 4) is 5.69 Å². The molecule has 2 aromatic rings. The molecule has 0 saturated heterocycles. The predicted molar refractivity (Wildman–Crippen MR) is 73.4 cm³/mol. The first-order valence-corrected chi connectivity index (χ1v) is 6.54. The van der Waals surface area contributed by atoms with Crippen molar-refractivity contribution >= 4 is 21.9 Å². The number of rotatable bonds is 3. The molecule has 5 nitrogen and oxygen atoms in total. The van der Waals surface area contributed by atoms with Crippen LogP contribution in [0.25, 0.3) is 5.69 Å². The van der Waals surface area contributed by atoms with Crippen LogP contribution in [0.5, 0.6) is 0 Å². The molecule has 0 amide bonds. The van der Waals surface area contributed by atoms with E-state index in [4.69, 9.17) is 4.74 Å². The standard InChI is InChI=1S/C13H10BrFN2O3/c1-2-20-13(19)12-11(18)5-6-17(16-12)10-7-8(15)3-4-9(10)14/h3-7H,2H2,1H3. The van der Waals surface area contributed by atoms with E-state index >= 15 is 0 Å². The van der Waals surface area contributed by atoms with Crippen LogP contribution >= 0.6 is 15.9 Å². The second-order valence-corrected chi connectivity index (χ2v) is 4.64. The molecule has 0 aliphatic heterocycles. The molecule has 0 aliphatic carbocycles. The van der Waals surface area contributed by atoms with Gasteiger partial charge in [0.1, 0.15) is 5.82 Å². The summed E-state index contributed by atoms with van der Waals surface area (Å²) in [6.45, 7) is 1.76. The zero-order valence-electron chi connectivity index (χ0n) is 10.5. The van der Waals surface area contributed by atoms with Gasteiger partial charge in [-0.25, -0.2) is 13.9 Å². The molecule has 2 rings (SSSR count). The van der Waals surface area contributed by atoms with Crippen molar-refractivity contribution in [2.24, 2.45) is 0 Å². The highest BCUT2D eigenvalue weighted by Gasteiger charge is 2.15. The van der Waals surface area contributed by atoms with Crippen LogP contribution in [-0.2, 0) is 4.74 Å². The maximum atomic E-state index is 13.3. The van der Waals surface area contributed by atoms with Gasteiger partial charge in [-0.2, -0.15) is 5.10 Å². The topological polar surface area (TPSA) is 61.2 Å². The molecule has 0 aliphatic rings. The van der Waals surface area contributed by atoms with Gasteiger partial charge in [-0.3, -0.25) is 4.79 Å². The number of benzene rings is 1. The number of ether oxygens (including phenoxy) is 1. The summed E-state index contributed by atoms with van der Waals surface area (Å²) < 4.78 is 19.8. The summed E-state index contributed by atoms with van der Waals surface area (Å²) in [4.78, 5) is 23.2. The summed E-state index contributed by atoms with van der Waals surface area (Å²) >= 11 is 3.26. The van der Waals surface area contributed by atoms with Crippen molar-refractivity contribution < 1.29 is 13.9 Å². The maximum absolute atomic E-state index is 13.3. The SMILES string of the molecule is CCOC(=O)c1nn(-c2cc(F)ccc2Br)ccc1=O. The monoisotopic (exact) mass is 340 g/mol. The number of carbonyl (C=O) groups is 1. The molecular formula is C13H10BrFN2O3. The molecule has 0 atom stereocenters. The van der Waals surface area contributed by atoms with Crippen LogP contribution in [0.3, 0.4) is 0 Å². The van der Waals surface area contributed by atoms with E-state index in [0.29, 0.717) is 10.2 Å². The number of halogens is 2. The first-order chi connectivity index (χ1) is 9.52. The zero-order valence-corrected chi connectivity index (χ0v) is 12.1. The molecule has 0 bridgehead atoms. The van der Waals surface area contributed by atoms with E-state index in [1.165, 1.54) is 35.1 Å². The normalized spacial score (nSPS) is 10.3. The van der Waals surface area contributed by atoms with E-state index in [1.807, 2.05) is 0 Å². The minimum absolute atomic E-state index is 0.137. The Hall–Kier alpha value is -2.02. The second kappa shape index (κ2) is 5.96. The highest BCUT2D eigenvalue weighted by atomic mass is 79.9. The third-order valence-corrected chi connectivity index (χ3v) is 3.10. The number of esters is 1. The average molecular weight is 341 g/mol. The molecule has 0 unspecified atom stereocenters. The Morgan fingerprint density at radius 2 is 2.20 bits per heavy atom. The van der Waals surface area contributed by atoms with Crippen molar-refractivity contribution in [2.45, 2.75) is 6.92 Å². The van der Waals surface area contributed by atoms with E-state index in [-0.39, 0.29) is 12.3 Å². The molecule has 0 fully saturated rings. The molecule has 20 heavy (non-hydrogen) atoms. The van der Waals surface area contributed by atoms with Crippen LogP contribution < -0.4 is 5.43 Å². The highest BCUT2D eigenvalue weighted by Crippen LogP contribution is 2.20. The van der Waals surface area contributed by atoms with Gasteiger partial charge in [0.05, 0.1) is 12.3 Å². The molecule has 0 N–H and O–H groups in total. The molecule has 0 radical (unpaired) electrons. The summed E-state index contributed by atoms with van der Waals surface area (Å²) in [6, 6.07) is 5.20. The Labute approximate surface area is 122 Å². The lowest BCUT2D eigenvalue weighted by Gasteiger charge is -2.09. The zero-order chi connectivity index (χ0) is 14.7. The Morgan fingerprint density at radius 1 is 1.45 bits per heavy atom. The van der Waals surface area contributed by atoms with Gasteiger partial charge in [0.15, 0.2) is 0 Å². The van der Waals surface area contributed by atoms with Crippen molar-refractivity contribution in [2.75, 3.05) is 6.61 Å². The van der Waals surface area contributed by atoms with Gasteiger partial charge < -0.3 is 4.74 Å². The van der Waals surface area contributed by atoms with Crippen molar-refractivity contribution in [3.63, 3.8) is 0 Å². The number of nitrogens with zero attached hydrogens (tertiary/aromatic N) is 2. The highest BCUT2D eigenvalue weighted by molar-refractivity contribution is 9.10. The number of hydrogen-bond donors (Lipinski definition) is 0. The lowest BCUT2D eigenvalue weighted by atomic mass is 10.3. The fourth-order valence-electron chi connectivity index (χ4n) is 1.54. The fourth-order valence-corrected chi connectivity index (χ4v) is 1.97. The van der Waals surface area contributed by atoms with Crippen LogP contribution in [0.4, 0.5) is 4.39 Å². The third kappa shape index (κ3) is 2.93. The molecular weight excluding hydrogens is 331 g/mol. The van der Waals surface area contributed by atoms with Crippen molar-refractivity contribution in [3.05, 3.63) is 56.7 Å². The van der Waals surface area contributed by atoms with Gasteiger partial charge in [-0.1, -0.05) is 0 Å². The predicted octanol–water partition coefficient (Wildman–Crippen LogP) is 2.31. The Kier molecular flexibility index (Phi) is 4.29. The number of carbonyl (C=O) groups excluding carboxylic acids is 1. The van der Waals surface area contributed by atoms with E-state index in [9.17, 15) is 14.0 Å². The van der Waals surface area contributed by atoms with Crippen molar-refractivity contribution in [1.29, 1.82) is 0 Å². The summed E-state index contributed by atoms with van der Waals surface area (Å²) in [7, 11) is 0. The van der Waals surface area contributed by atoms with E-state index < -0.39 is 17.2 Å². The van der Waals surface area contributed by atoms with E-state index in [2.05, 4.69) is 21.0 Å². The molecule has 0 spiro atoms. The maximum Gasteiger partial charge on any atom is 0.362 e. The first kappa shape index (κ1) is 14.4. The minimum Gasteiger partial charge on any atom is -0.461 e. The van der Waals surface area contributed by atoms with Gasteiger partial charge in [0.25, 0.3) is 0 Å². The van der Waals surface area contributed by atoms with E-state index in [0.717, 1.165) is 0 Å². The number of hydrogen-bond acceptors (Lipinski definition) is 4. The molecule has 0 saturated carbocycles. The molecule has 104 valence electrons. The quantitative estimate of drug-likeness (QED) is 0.804. The summed E-state index contributed by atoms with van der Waals surface area (Å²) in [6.07, 6.45) is 1.35. The van der Waals surface area contributed by atoms with Crippen LogP contribution in [0, 0.1) is 5.82 Å². The molecule has 7 heteroatoms.